The highest BCUT2D eigenvalue weighted by Crippen LogP contribution is 2.16. The number of hydrogen-bond acceptors (Lipinski definition) is 5. The van der Waals surface area contributed by atoms with Gasteiger partial charge in [0.2, 0.25) is 0 Å². The zero-order valence-corrected chi connectivity index (χ0v) is 11.1. The van der Waals surface area contributed by atoms with Crippen molar-refractivity contribution in [3.05, 3.63) is 46.5 Å². The van der Waals surface area contributed by atoms with Crippen molar-refractivity contribution in [3.63, 3.8) is 0 Å². The molecular weight excluding hydrogens is 262 g/mol. The van der Waals surface area contributed by atoms with E-state index >= 15 is 0 Å². The first kappa shape index (κ1) is 13.5. The molecule has 0 aliphatic carbocycles. The van der Waals surface area contributed by atoms with E-state index in [4.69, 9.17) is 10.8 Å². The van der Waals surface area contributed by atoms with Gasteiger partial charge in [-0.05, 0) is 24.2 Å². The van der Waals surface area contributed by atoms with Crippen LogP contribution in [0.4, 0.5) is 5.13 Å². The Morgan fingerprint density at radius 3 is 2.74 bits per heavy atom. The molecule has 0 atom stereocenters. The highest BCUT2D eigenvalue weighted by Gasteiger charge is 2.03. The van der Waals surface area contributed by atoms with E-state index in [1.165, 1.54) is 0 Å². The van der Waals surface area contributed by atoms with Crippen molar-refractivity contribution in [3.8, 4) is 0 Å². The highest BCUT2D eigenvalue weighted by molar-refractivity contribution is 7.13. The molecule has 1 aromatic carbocycles. The van der Waals surface area contributed by atoms with Gasteiger partial charge < -0.3 is 16.2 Å². The number of nitrogens with two attached hydrogens (primary N) is 1. The van der Waals surface area contributed by atoms with Crippen LogP contribution in [0.3, 0.4) is 0 Å². The average Bonchev–Trinajstić information content (AvgIpc) is 2.85. The van der Waals surface area contributed by atoms with Crippen LogP contribution in [0.15, 0.2) is 29.6 Å². The molecular formula is C13H15N3O2S. The lowest BCUT2D eigenvalue weighted by Gasteiger charge is -2.03. The third kappa shape index (κ3) is 3.77. The summed E-state index contributed by atoms with van der Waals surface area (Å²) < 4.78 is 0. The van der Waals surface area contributed by atoms with Crippen LogP contribution < -0.4 is 11.1 Å². The fourth-order valence-electron chi connectivity index (χ4n) is 1.59. The van der Waals surface area contributed by atoms with Crippen LogP contribution in [0.1, 0.15) is 21.6 Å². The second-order valence-corrected chi connectivity index (χ2v) is 4.90. The van der Waals surface area contributed by atoms with E-state index in [0.717, 1.165) is 22.8 Å². The third-order valence-corrected chi connectivity index (χ3v) is 3.45. The fraction of sp³-hybridized carbons (Fsp3) is 0.231. The Morgan fingerprint density at radius 2 is 2.11 bits per heavy atom. The molecule has 19 heavy (non-hydrogen) atoms. The normalized spacial score (nSPS) is 10.4. The molecule has 0 saturated heterocycles. The molecule has 2 aromatic rings. The van der Waals surface area contributed by atoms with Gasteiger partial charge in [0, 0.05) is 18.3 Å². The summed E-state index contributed by atoms with van der Waals surface area (Å²) in [6.07, 6.45) is 0.783. The van der Waals surface area contributed by atoms with Gasteiger partial charge in [-0.15, -0.1) is 11.3 Å². The van der Waals surface area contributed by atoms with Crippen LogP contribution in [-0.2, 0) is 13.0 Å². The van der Waals surface area contributed by atoms with Gasteiger partial charge in [0.25, 0.3) is 0 Å². The van der Waals surface area contributed by atoms with Gasteiger partial charge >= 0.3 is 5.97 Å². The highest BCUT2D eigenvalue weighted by atomic mass is 32.1. The Morgan fingerprint density at radius 1 is 1.37 bits per heavy atom. The fourth-order valence-corrected chi connectivity index (χ4v) is 2.34. The lowest BCUT2D eigenvalue weighted by atomic mass is 10.1. The van der Waals surface area contributed by atoms with Gasteiger partial charge in [0.15, 0.2) is 5.13 Å². The summed E-state index contributed by atoms with van der Waals surface area (Å²) in [5.74, 6) is -0.911. The van der Waals surface area contributed by atoms with Gasteiger partial charge in [0.1, 0.15) is 0 Å². The van der Waals surface area contributed by atoms with E-state index in [1.54, 1.807) is 35.6 Å². The molecule has 4 N–H and O–H groups in total. The van der Waals surface area contributed by atoms with Gasteiger partial charge in [0.05, 0.1) is 11.3 Å². The number of carboxylic acid groups (broad SMARTS) is 1. The number of nitrogens with one attached hydrogen (secondary N) is 1. The number of carbonyl (C=O) groups is 1. The molecule has 0 radical (unpaired) electrons. The van der Waals surface area contributed by atoms with E-state index in [0.29, 0.717) is 18.7 Å². The van der Waals surface area contributed by atoms with Gasteiger partial charge in [-0.1, -0.05) is 12.1 Å². The van der Waals surface area contributed by atoms with E-state index in [2.05, 4.69) is 10.3 Å². The Balaban J connectivity index is 1.92. The minimum absolute atomic E-state index is 0.295. The molecule has 5 nitrogen and oxygen atoms in total. The summed E-state index contributed by atoms with van der Waals surface area (Å²) in [6, 6.07) is 6.79. The molecule has 0 saturated carbocycles. The van der Waals surface area contributed by atoms with Gasteiger partial charge in [-0.25, -0.2) is 9.78 Å². The first-order chi connectivity index (χ1) is 9.19. The Hall–Kier alpha value is -1.92. The van der Waals surface area contributed by atoms with Crippen molar-refractivity contribution < 1.29 is 9.90 Å². The summed E-state index contributed by atoms with van der Waals surface area (Å²) in [5, 5.41) is 14.9. The first-order valence-electron chi connectivity index (χ1n) is 5.89. The Labute approximate surface area is 115 Å². The maximum Gasteiger partial charge on any atom is 0.335 e. The SMILES string of the molecule is NCCc1csc(NCc2ccc(C(=O)O)cc2)n1. The third-order valence-electron chi connectivity index (χ3n) is 2.60. The molecule has 0 spiro atoms. The lowest BCUT2D eigenvalue weighted by Crippen LogP contribution is -2.04. The summed E-state index contributed by atoms with van der Waals surface area (Å²) in [7, 11) is 0. The largest absolute Gasteiger partial charge is 0.478 e. The number of rotatable bonds is 6. The van der Waals surface area contributed by atoms with E-state index in [-0.39, 0.29) is 0 Å². The van der Waals surface area contributed by atoms with E-state index < -0.39 is 5.97 Å². The van der Waals surface area contributed by atoms with Crippen LogP contribution in [-0.4, -0.2) is 22.6 Å². The topological polar surface area (TPSA) is 88.2 Å². The standard InChI is InChI=1S/C13H15N3O2S/c14-6-5-11-8-19-13(16-11)15-7-9-1-3-10(4-2-9)12(17)18/h1-4,8H,5-7,14H2,(H,15,16)(H,17,18). The van der Waals surface area contributed by atoms with Crippen LogP contribution in [0.5, 0.6) is 0 Å². The quantitative estimate of drug-likeness (QED) is 0.751. The molecule has 0 aliphatic rings. The molecule has 0 unspecified atom stereocenters. The number of nitrogens with zero attached hydrogens (tertiary/aromatic N) is 1. The van der Waals surface area contributed by atoms with E-state index in [9.17, 15) is 4.79 Å². The van der Waals surface area contributed by atoms with Crippen molar-refractivity contribution in [2.24, 2.45) is 5.73 Å². The monoisotopic (exact) mass is 277 g/mol. The minimum atomic E-state index is -0.911. The molecule has 0 bridgehead atoms. The van der Waals surface area contributed by atoms with Gasteiger partial charge in [-0.2, -0.15) is 0 Å². The minimum Gasteiger partial charge on any atom is -0.478 e. The second-order valence-electron chi connectivity index (χ2n) is 4.04. The summed E-state index contributed by atoms with van der Waals surface area (Å²) >= 11 is 1.54. The van der Waals surface area contributed by atoms with Crippen molar-refractivity contribution in [1.82, 2.24) is 4.98 Å². The smallest absolute Gasteiger partial charge is 0.335 e. The Bertz CT molecular complexity index is 551. The number of hydrogen-bond donors (Lipinski definition) is 3. The number of benzene rings is 1. The molecule has 6 heteroatoms. The summed E-state index contributed by atoms with van der Waals surface area (Å²) in [4.78, 5) is 15.1. The number of thiazole rings is 1. The maximum atomic E-state index is 10.7. The number of carboxylic acids is 1. The maximum absolute atomic E-state index is 10.7. The molecule has 0 aliphatic heterocycles. The van der Waals surface area contributed by atoms with Crippen molar-refractivity contribution in [2.45, 2.75) is 13.0 Å². The molecule has 0 amide bonds. The van der Waals surface area contributed by atoms with Crippen LogP contribution in [0, 0.1) is 0 Å². The zero-order chi connectivity index (χ0) is 13.7. The molecule has 0 fully saturated rings. The van der Waals surface area contributed by atoms with Crippen molar-refractivity contribution >= 4 is 22.4 Å². The second kappa shape index (κ2) is 6.31. The molecule has 100 valence electrons. The van der Waals surface area contributed by atoms with Crippen molar-refractivity contribution in [2.75, 3.05) is 11.9 Å². The summed E-state index contributed by atoms with van der Waals surface area (Å²) in [6.45, 7) is 1.22. The number of anilines is 1. The van der Waals surface area contributed by atoms with Crippen LogP contribution in [0.25, 0.3) is 0 Å². The van der Waals surface area contributed by atoms with Crippen molar-refractivity contribution in [1.29, 1.82) is 0 Å². The number of aromatic nitrogens is 1. The predicted octanol–water partition coefficient (Wildman–Crippen LogP) is 1.95. The average molecular weight is 277 g/mol. The lowest BCUT2D eigenvalue weighted by molar-refractivity contribution is 0.0697. The zero-order valence-electron chi connectivity index (χ0n) is 10.3. The first-order valence-corrected chi connectivity index (χ1v) is 6.77. The summed E-state index contributed by atoms with van der Waals surface area (Å²) in [5.41, 5.74) is 7.78. The molecule has 1 aromatic heterocycles. The Kier molecular flexibility index (Phi) is 4.48. The molecule has 1 heterocycles. The van der Waals surface area contributed by atoms with Crippen LogP contribution >= 0.6 is 11.3 Å². The van der Waals surface area contributed by atoms with Gasteiger partial charge in [-0.3, -0.25) is 0 Å². The molecule has 2 rings (SSSR count). The number of aromatic carboxylic acids is 1. The van der Waals surface area contributed by atoms with Crippen LogP contribution in [0.2, 0.25) is 0 Å². The van der Waals surface area contributed by atoms with E-state index in [1.807, 2.05) is 5.38 Å². The predicted molar refractivity (Wildman–Crippen MR) is 75.6 cm³/mol.